The van der Waals surface area contributed by atoms with Gasteiger partial charge in [-0.25, -0.2) is 4.85 Å². The molecular weight excluding hydrogens is 362 g/mol. The molecule has 0 spiro atoms. The first kappa shape index (κ1) is 19.2. The predicted molar refractivity (Wildman–Crippen MR) is 112 cm³/mol. The molecule has 146 valence electrons. The lowest BCUT2D eigenvalue weighted by Gasteiger charge is -2.40. The van der Waals surface area contributed by atoms with Crippen molar-refractivity contribution in [3.63, 3.8) is 0 Å². The molecule has 2 aromatic carbocycles. The molecule has 2 unspecified atom stereocenters. The number of fused-ring (bicyclic) bond motifs is 1. The van der Waals surface area contributed by atoms with Gasteiger partial charge in [0, 0.05) is 24.5 Å². The zero-order chi connectivity index (χ0) is 20.4. The van der Waals surface area contributed by atoms with Crippen LogP contribution in [0.5, 0.6) is 5.75 Å². The molecule has 5 nitrogen and oxygen atoms in total. The highest BCUT2D eigenvalue weighted by Crippen LogP contribution is 2.39. The Kier molecular flexibility index (Phi) is 5.09. The number of rotatable bonds is 2. The van der Waals surface area contributed by atoms with Crippen LogP contribution in [0.2, 0.25) is 0 Å². The summed E-state index contributed by atoms with van der Waals surface area (Å²) in [6.07, 6.45) is 4.45. The number of hydrogen-bond acceptors (Lipinski definition) is 4. The van der Waals surface area contributed by atoms with E-state index in [0.717, 1.165) is 47.6 Å². The van der Waals surface area contributed by atoms with Crippen molar-refractivity contribution in [3.8, 4) is 23.1 Å². The summed E-state index contributed by atoms with van der Waals surface area (Å²) < 4.78 is 12.2. The molecule has 0 amide bonds. The molecule has 0 bridgehead atoms. The Bertz CT molecular complexity index is 1040. The summed E-state index contributed by atoms with van der Waals surface area (Å²) in [5.74, 6) is 1.13. The number of hydrogen-bond donors (Lipinski definition) is 0. The van der Waals surface area contributed by atoms with Crippen molar-refractivity contribution in [1.29, 1.82) is 5.26 Å². The van der Waals surface area contributed by atoms with E-state index in [0.29, 0.717) is 18.0 Å². The van der Waals surface area contributed by atoms with Crippen LogP contribution in [0.3, 0.4) is 0 Å². The molecule has 2 aliphatic rings. The molecule has 0 aliphatic carbocycles. The maximum Gasteiger partial charge on any atom is 0.205 e. The maximum absolute atomic E-state index is 9.25. The van der Waals surface area contributed by atoms with Crippen LogP contribution in [0.25, 0.3) is 16.0 Å². The lowest BCUT2D eigenvalue weighted by atomic mass is 9.81. The maximum atomic E-state index is 9.25. The molecule has 2 heterocycles. The summed E-state index contributed by atoms with van der Waals surface area (Å²) in [6, 6.07) is 13.5. The van der Waals surface area contributed by atoms with Gasteiger partial charge >= 0.3 is 0 Å². The van der Waals surface area contributed by atoms with Gasteiger partial charge in [0.15, 0.2) is 5.69 Å². The fourth-order valence-electron chi connectivity index (χ4n) is 4.32. The number of nitriles is 1. The smallest absolute Gasteiger partial charge is 0.205 e. The molecule has 0 aromatic heterocycles. The normalized spacial score (nSPS) is 24.1. The minimum absolute atomic E-state index is 0.00549. The number of ether oxygens (including phenoxy) is 2. The van der Waals surface area contributed by atoms with Crippen molar-refractivity contribution >= 4 is 11.4 Å². The number of benzene rings is 2. The lowest BCUT2D eigenvalue weighted by Crippen LogP contribution is -2.43. The second-order valence-electron chi connectivity index (χ2n) is 8.25. The Labute approximate surface area is 171 Å². The molecule has 1 saturated heterocycles. The first-order chi connectivity index (χ1) is 14.0. The third kappa shape index (κ3) is 4.01. The Morgan fingerprint density at radius 1 is 1.21 bits per heavy atom. The van der Waals surface area contributed by atoms with Gasteiger partial charge < -0.3 is 9.47 Å². The molecule has 2 atom stereocenters. The summed E-state index contributed by atoms with van der Waals surface area (Å²) in [5.41, 5.74) is 4.02. The molecule has 2 aliphatic heterocycles. The molecular formula is C24H23N3O2. The van der Waals surface area contributed by atoms with E-state index >= 15 is 0 Å². The predicted octanol–water partition coefficient (Wildman–Crippen LogP) is 5.53. The molecule has 1 fully saturated rings. The van der Waals surface area contributed by atoms with Gasteiger partial charge in [-0.05, 0) is 56.0 Å². The highest BCUT2D eigenvalue weighted by atomic mass is 16.5. The van der Waals surface area contributed by atoms with Crippen LogP contribution in [0, 0.1) is 23.9 Å². The van der Waals surface area contributed by atoms with Crippen molar-refractivity contribution in [1.82, 2.24) is 0 Å². The topological polar surface area (TPSA) is 59.0 Å². The van der Waals surface area contributed by atoms with Gasteiger partial charge in [0.25, 0.3) is 0 Å². The van der Waals surface area contributed by atoms with Gasteiger partial charge in [0.2, 0.25) is 6.19 Å². The second-order valence-corrected chi connectivity index (χ2v) is 8.25. The van der Waals surface area contributed by atoms with Gasteiger partial charge in [0.1, 0.15) is 11.9 Å². The summed E-state index contributed by atoms with van der Waals surface area (Å²) >= 11 is 0. The standard InChI is InChI=1S/C24H23N3O2/c1-24(2)14-18(9-10-28-24)23-13-21(27-15-25)20-12-17(7-8-22(20)29-23)16-5-4-6-19(11-16)26-3/h4-8,11-12,18,23H,9-10,13-14H2,1-2H3. The van der Waals surface area contributed by atoms with E-state index in [2.05, 4.69) is 23.7 Å². The van der Waals surface area contributed by atoms with Crippen molar-refractivity contribution in [2.45, 2.75) is 44.8 Å². The zero-order valence-corrected chi connectivity index (χ0v) is 16.7. The molecule has 5 heteroatoms. The monoisotopic (exact) mass is 385 g/mol. The fourth-order valence-corrected chi connectivity index (χ4v) is 4.32. The third-order valence-corrected chi connectivity index (χ3v) is 5.72. The Morgan fingerprint density at radius 2 is 2.03 bits per heavy atom. The molecule has 4 rings (SSSR count). The third-order valence-electron chi connectivity index (χ3n) is 5.72. The van der Waals surface area contributed by atoms with E-state index in [1.165, 1.54) is 0 Å². The van der Waals surface area contributed by atoms with Crippen molar-refractivity contribution < 1.29 is 9.47 Å². The molecule has 0 saturated carbocycles. The summed E-state index contributed by atoms with van der Waals surface area (Å²) in [4.78, 5) is 7.65. The minimum atomic E-state index is -0.156. The molecule has 2 aromatic rings. The van der Waals surface area contributed by atoms with E-state index in [-0.39, 0.29) is 11.7 Å². The summed E-state index contributed by atoms with van der Waals surface area (Å²) in [5, 5.41) is 9.25. The minimum Gasteiger partial charge on any atom is -0.489 e. The van der Waals surface area contributed by atoms with Gasteiger partial charge in [-0.15, -0.1) is 0 Å². The van der Waals surface area contributed by atoms with E-state index in [1.54, 1.807) is 6.07 Å². The van der Waals surface area contributed by atoms with Gasteiger partial charge in [-0.3, -0.25) is 0 Å². The van der Waals surface area contributed by atoms with Crippen molar-refractivity contribution in [3.05, 3.63) is 59.4 Å². The summed E-state index contributed by atoms with van der Waals surface area (Å²) in [7, 11) is 0. The van der Waals surface area contributed by atoms with E-state index < -0.39 is 0 Å². The fraction of sp³-hybridized carbons (Fsp3) is 0.375. The first-order valence-corrected chi connectivity index (χ1v) is 9.88. The van der Waals surface area contributed by atoms with Gasteiger partial charge in [-0.1, -0.05) is 24.3 Å². The molecule has 0 N–H and O–H groups in total. The zero-order valence-electron chi connectivity index (χ0n) is 16.7. The van der Waals surface area contributed by atoms with Crippen LogP contribution in [0.15, 0.2) is 47.5 Å². The van der Waals surface area contributed by atoms with E-state index in [1.807, 2.05) is 42.6 Å². The number of aliphatic imine (C=N–C) groups is 1. The average Bonchev–Trinajstić information content (AvgIpc) is 2.73. The van der Waals surface area contributed by atoms with Gasteiger partial charge in [0.05, 0.1) is 17.9 Å². The Morgan fingerprint density at radius 3 is 2.79 bits per heavy atom. The van der Waals surface area contributed by atoms with E-state index in [4.69, 9.17) is 16.0 Å². The Balaban J connectivity index is 1.67. The van der Waals surface area contributed by atoms with Crippen LogP contribution in [-0.2, 0) is 4.74 Å². The van der Waals surface area contributed by atoms with E-state index in [9.17, 15) is 5.26 Å². The highest BCUT2D eigenvalue weighted by Gasteiger charge is 2.37. The van der Waals surface area contributed by atoms with Crippen molar-refractivity contribution in [2.24, 2.45) is 10.9 Å². The summed E-state index contributed by atoms with van der Waals surface area (Å²) in [6.45, 7) is 12.2. The first-order valence-electron chi connectivity index (χ1n) is 9.88. The largest absolute Gasteiger partial charge is 0.489 e. The van der Waals surface area contributed by atoms with Crippen LogP contribution < -0.4 is 4.74 Å². The van der Waals surface area contributed by atoms with Crippen LogP contribution in [-0.4, -0.2) is 24.0 Å². The Hall–Kier alpha value is -3.15. The highest BCUT2D eigenvalue weighted by molar-refractivity contribution is 6.05. The van der Waals surface area contributed by atoms with Crippen LogP contribution >= 0.6 is 0 Å². The number of nitrogens with zero attached hydrogens (tertiary/aromatic N) is 3. The second kappa shape index (κ2) is 7.70. The SMILES string of the molecule is [C-]#[N+]c1cccc(-c2ccc3c(c2)C(=NC#N)CC(C2CCOC(C)(C)C2)O3)c1. The molecule has 0 radical (unpaired) electrons. The van der Waals surface area contributed by atoms with Crippen LogP contribution in [0.1, 0.15) is 38.7 Å². The van der Waals surface area contributed by atoms with Crippen LogP contribution in [0.4, 0.5) is 5.69 Å². The van der Waals surface area contributed by atoms with Crippen molar-refractivity contribution in [2.75, 3.05) is 6.61 Å². The lowest BCUT2D eigenvalue weighted by molar-refractivity contribution is -0.0909. The molecule has 29 heavy (non-hydrogen) atoms. The van der Waals surface area contributed by atoms with Gasteiger partial charge in [-0.2, -0.15) is 10.3 Å². The average molecular weight is 385 g/mol. The quantitative estimate of drug-likeness (QED) is 0.504.